The molecule has 3 heterocycles. The Kier molecular flexibility index (Phi) is 8.46. The van der Waals surface area contributed by atoms with Gasteiger partial charge < -0.3 is 20.1 Å². The minimum absolute atomic E-state index is 0.0149. The molecule has 0 saturated carbocycles. The van der Waals surface area contributed by atoms with E-state index in [0.717, 1.165) is 44.3 Å². The fourth-order valence-corrected chi connectivity index (χ4v) is 6.27. The third-order valence-corrected chi connectivity index (χ3v) is 9.01. The summed E-state index contributed by atoms with van der Waals surface area (Å²) in [5, 5.41) is 7.66. The zero-order valence-corrected chi connectivity index (χ0v) is 25.9. The second-order valence-electron chi connectivity index (χ2n) is 11.8. The highest BCUT2D eigenvalue weighted by atomic mass is 35.5. The van der Waals surface area contributed by atoms with Crippen molar-refractivity contribution in [2.45, 2.75) is 45.3 Å². The van der Waals surface area contributed by atoms with Gasteiger partial charge in [0.2, 0.25) is 5.91 Å². The molecule has 3 aromatic carbocycles. The van der Waals surface area contributed by atoms with E-state index >= 15 is 4.39 Å². The lowest BCUT2D eigenvalue weighted by Gasteiger charge is -2.37. The fourth-order valence-electron chi connectivity index (χ4n) is 6.15. The number of benzene rings is 3. The number of nitrogens with zero attached hydrogens (tertiary/aromatic N) is 3. The number of urea groups is 1. The van der Waals surface area contributed by atoms with Gasteiger partial charge in [0.15, 0.2) is 0 Å². The Hall–Kier alpha value is -4.50. The van der Waals surface area contributed by atoms with Gasteiger partial charge in [-0.05, 0) is 86.3 Å². The maximum atomic E-state index is 16.0. The van der Waals surface area contributed by atoms with Crippen LogP contribution in [0, 0.1) is 19.7 Å². The lowest BCUT2D eigenvalue weighted by Crippen LogP contribution is -2.54. The normalized spacial score (nSPS) is 16.7. The largest absolute Gasteiger partial charge is 0.338 e. The maximum Gasteiger partial charge on any atom is 0.319 e. The number of piperidine rings is 1. The first kappa shape index (κ1) is 30.5. The summed E-state index contributed by atoms with van der Waals surface area (Å²) in [5.74, 6) is -0.600. The quantitative estimate of drug-likeness (QED) is 0.198. The lowest BCUT2D eigenvalue weighted by molar-refractivity contribution is -0.135. The number of anilines is 1. The molecular weight excluding hydrogens is 596 g/mol. The number of hydrogen-bond donors (Lipinski definition) is 2. The summed E-state index contributed by atoms with van der Waals surface area (Å²) in [4.78, 5) is 32.4. The van der Waals surface area contributed by atoms with E-state index in [1.54, 1.807) is 24.3 Å². The number of aryl methyl sites for hydroxylation is 1. The predicted molar refractivity (Wildman–Crippen MR) is 174 cm³/mol. The highest BCUT2D eigenvalue weighted by molar-refractivity contribution is 6.31. The van der Waals surface area contributed by atoms with Gasteiger partial charge in [0.1, 0.15) is 18.0 Å². The summed E-state index contributed by atoms with van der Waals surface area (Å²) in [5.41, 5.74) is 3.77. The summed E-state index contributed by atoms with van der Waals surface area (Å²) in [7, 11) is 0. The summed E-state index contributed by atoms with van der Waals surface area (Å²) < 4.78 is 32.3. The molecule has 1 unspecified atom stereocenters. The average molecular weight is 630 g/mol. The molecule has 0 bridgehead atoms. The van der Waals surface area contributed by atoms with Crippen LogP contribution in [0.1, 0.15) is 35.4 Å². The van der Waals surface area contributed by atoms with Crippen LogP contribution in [0.4, 0.5) is 19.3 Å². The molecule has 7 nitrogen and oxygen atoms in total. The van der Waals surface area contributed by atoms with Gasteiger partial charge in [0.05, 0.1) is 18.6 Å². The van der Waals surface area contributed by atoms with Crippen LogP contribution in [0.2, 0.25) is 5.02 Å². The summed E-state index contributed by atoms with van der Waals surface area (Å²) >= 11 is 6.05. The first-order valence-corrected chi connectivity index (χ1v) is 15.4. The van der Waals surface area contributed by atoms with Gasteiger partial charge in [-0.25, -0.2) is 13.6 Å². The topological polar surface area (TPSA) is 79.3 Å². The number of fused-ring (bicyclic) bond motifs is 2. The highest BCUT2D eigenvalue weighted by Gasteiger charge is 2.38. The standard InChI is InChI=1S/C35H34ClF2N5O2/c1-22-16-26(11-12-30(22)36)41-34(45)39-20-35(38)14-5-15-42(21-35)33(44)19-43-23(2)28(29-17-25(37)9-13-32(29)43)18-27-10-8-24-6-3-4-7-31(24)40-27/h3-4,6-13,16-17H,5,14-15,18-21H2,1-2H3,(H2,39,41,45). The Balaban J connectivity index is 1.16. The number of likely N-dealkylation sites (tertiary alicyclic amines) is 1. The monoisotopic (exact) mass is 629 g/mol. The fraction of sp³-hybridized carbons (Fsp3) is 0.286. The zero-order valence-electron chi connectivity index (χ0n) is 25.2. The smallest absolute Gasteiger partial charge is 0.319 e. The minimum Gasteiger partial charge on any atom is -0.338 e. The van der Waals surface area contributed by atoms with Crippen LogP contribution < -0.4 is 10.6 Å². The van der Waals surface area contributed by atoms with E-state index in [0.29, 0.717) is 30.1 Å². The molecule has 6 rings (SSSR count). The van der Waals surface area contributed by atoms with E-state index in [1.165, 1.54) is 17.0 Å². The van der Waals surface area contributed by atoms with Crippen molar-refractivity contribution >= 4 is 51.0 Å². The van der Waals surface area contributed by atoms with E-state index in [-0.39, 0.29) is 37.8 Å². The molecule has 10 heteroatoms. The number of carbonyl (C=O) groups is 2. The predicted octanol–water partition coefficient (Wildman–Crippen LogP) is 7.34. The molecule has 232 valence electrons. The Labute approximate surface area is 265 Å². The Bertz CT molecular complexity index is 1930. The Morgan fingerprint density at radius 3 is 2.69 bits per heavy atom. The van der Waals surface area contributed by atoms with Crippen molar-refractivity contribution in [3.8, 4) is 0 Å². The van der Waals surface area contributed by atoms with Gasteiger partial charge >= 0.3 is 6.03 Å². The third-order valence-electron chi connectivity index (χ3n) is 8.58. The molecule has 0 spiro atoms. The first-order valence-electron chi connectivity index (χ1n) is 15.0. The van der Waals surface area contributed by atoms with Crippen molar-refractivity contribution < 1.29 is 18.4 Å². The lowest BCUT2D eigenvalue weighted by atomic mass is 9.94. The van der Waals surface area contributed by atoms with Gasteiger partial charge in [0, 0.05) is 51.4 Å². The van der Waals surface area contributed by atoms with Crippen LogP contribution in [-0.4, -0.2) is 51.7 Å². The second kappa shape index (κ2) is 12.5. The number of aromatic nitrogens is 2. The van der Waals surface area contributed by atoms with E-state index < -0.39 is 11.7 Å². The molecule has 1 aliphatic heterocycles. The summed E-state index contributed by atoms with van der Waals surface area (Å²) in [6, 6.07) is 21.0. The molecule has 3 amide bonds. The van der Waals surface area contributed by atoms with E-state index in [2.05, 4.69) is 10.6 Å². The maximum absolute atomic E-state index is 16.0. The average Bonchev–Trinajstić information content (AvgIpc) is 3.27. The molecule has 1 atom stereocenters. The van der Waals surface area contributed by atoms with Gasteiger partial charge in [-0.2, -0.15) is 0 Å². The van der Waals surface area contributed by atoms with E-state index in [4.69, 9.17) is 16.6 Å². The van der Waals surface area contributed by atoms with Crippen LogP contribution in [0.5, 0.6) is 0 Å². The van der Waals surface area contributed by atoms with Crippen LogP contribution in [-0.2, 0) is 17.8 Å². The molecular formula is C35H34ClF2N5O2. The van der Waals surface area contributed by atoms with E-state index in [1.807, 2.05) is 54.8 Å². The second-order valence-corrected chi connectivity index (χ2v) is 12.2. The number of para-hydroxylation sites is 1. The van der Waals surface area contributed by atoms with Crippen molar-refractivity contribution in [1.29, 1.82) is 0 Å². The number of halogens is 3. The van der Waals surface area contributed by atoms with Crippen molar-refractivity contribution in [2.24, 2.45) is 0 Å². The third kappa shape index (κ3) is 6.63. The molecule has 1 saturated heterocycles. The van der Waals surface area contributed by atoms with Gasteiger partial charge in [-0.3, -0.25) is 9.78 Å². The highest BCUT2D eigenvalue weighted by Crippen LogP contribution is 2.31. The van der Waals surface area contributed by atoms with Crippen LogP contribution in [0.25, 0.3) is 21.8 Å². The molecule has 2 N–H and O–H groups in total. The SMILES string of the molecule is Cc1cc(NC(=O)NCC2(F)CCCN(C(=O)Cn3c(C)c(Cc4ccc5ccccc5n4)c4cc(F)ccc43)C2)ccc1Cl. The molecule has 2 aromatic heterocycles. The van der Waals surface area contributed by atoms with Gasteiger partial charge in [-0.1, -0.05) is 35.9 Å². The number of rotatable bonds is 7. The van der Waals surface area contributed by atoms with Gasteiger partial charge in [0.25, 0.3) is 0 Å². The molecule has 45 heavy (non-hydrogen) atoms. The molecule has 0 aliphatic carbocycles. The summed E-state index contributed by atoms with van der Waals surface area (Å²) in [6.45, 7) is 3.78. The molecule has 0 radical (unpaired) electrons. The number of nitrogens with one attached hydrogen (secondary N) is 2. The molecule has 5 aromatic rings. The van der Waals surface area contributed by atoms with Crippen LogP contribution >= 0.6 is 11.6 Å². The number of pyridine rings is 1. The van der Waals surface area contributed by atoms with Crippen molar-refractivity contribution in [3.05, 3.63) is 106 Å². The van der Waals surface area contributed by atoms with Crippen molar-refractivity contribution in [3.63, 3.8) is 0 Å². The van der Waals surface area contributed by atoms with Crippen molar-refractivity contribution in [2.75, 3.05) is 25.0 Å². The van der Waals surface area contributed by atoms with E-state index in [9.17, 15) is 14.0 Å². The number of carbonyl (C=O) groups excluding carboxylic acids is 2. The number of amides is 3. The molecule has 1 fully saturated rings. The van der Waals surface area contributed by atoms with Crippen LogP contribution in [0.3, 0.4) is 0 Å². The Morgan fingerprint density at radius 2 is 1.87 bits per heavy atom. The zero-order chi connectivity index (χ0) is 31.7. The Morgan fingerprint density at radius 1 is 1.04 bits per heavy atom. The van der Waals surface area contributed by atoms with Gasteiger partial charge in [-0.15, -0.1) is 0 Å². The first-order chi connectivity index (χ1) is 21.6. The number of hydrogen-bond acceptors (Lipinski definition) is 3. The molecule has 1 aliphatic rings. The van der Waals surface area contributed by atoms with Crippen LogP contribution in [0.15, 0.2) is 72.8 Å². The van der Waals surface area contributed by atoms with Crippen molar-refractivity contribution in [1.82, 2.24) is 19.8 Å². The number of alkyl halides is 1. The minimum atomic E-state index is -1.77. The summed E-state index contributed by atoms with van der Waals surface area (Å²) in [6.07, 6.45) is 1.17.